The molecule has 1 amide bonds. The van der Waals surface area contributed by atoms with E-state index in [0.717, 1.165) is 16.5 Å². The topological polar surface area (TPSA) is 70.0 Å². The molecule has 122 valence electrons. The van der Waals surface area contributed by atoms with Gasteiger partial charge in [0.2, 0.25) is 5.91 Å². The second-order valence-electron chi connectivity index (χ2n) is 5.88. The maximum atomic E-state index is 12.2. The van der Waals surface area contributed by atoms with Crippen LogP contribution in [0.4, 0.5) is 0 Å². The zero-order valence-corrected chi connectivity index (χ0v) is 12.9. The highest BCUT2D eigenvalue weighted by molar-refractivity contribution is 5.83. The Bertz CT molecular complexity index is 688. The largest absolute Gasteiger partial charge is 0.493 e. The molecule has 5 nitrogen and oxygen atoms in total. The summed E-state index contributed by atoms with van der Waals surface area (Å²) in [5, 5.41) is 21.1. The van der Waals surface area contributed by atoms with Gasteiger partial charge >= 0.3 is 0 Å². The number of amides is 1. The average molecular weight is 315 g/mol. The molecule has 2 aromatic carbocycles. The number of β-amino-alcohol motifs (C(OH)–C–C–N with tert-alkyl or cyclic N) is 1. The Balaban J connectivity index is 1.55. The molecule has 0 aliphatic carbocycles. The summed E-state index contributed by atoms with van der Waals surface area (Å²) in [6.07, 6.45) is 0.126. The number of fused-ring (bicyclic) bond motifs is 1. The van der Waals surface area contributed by atoms with Gasteiger partial charge in [-0.05, 0) is 29.3 Å². The summed E-state index contributed by atoms with van der Waals surface area (Å²) in [5.74, 6) is 0.637. The Hall–Kier alpha value is -2.11. The van der Waals surface area contributed by atoms with E-state index in [4.69, 9.17) is 4.74 Å². The van der Waals surface area contributed by atoms with Crippen molar-refractivity contribution in [1.29, 1.82) is 0 Å². The van der Waals surface area contributed by atoms with Gasteiger partial charge in [0.1, 0.15) is 5.75 Å². The molecule has 0 aromatic heterocycles. The van der Waals surface area contributed by atoms with Crippen LogP contribution in [0.5, 0.6) is 5.75 Å². The molecule has 1 saturated heterocycles. The molecule has 2 aromatic rings. The number of hydrogen-bond acceptors (Lipinski definition) is 4. The van der Waals surface area contributed by atoms with E-state index in [1.165, 1.54) is 0 Å². The van der Waals surface area contributed by atoms with E-state index in [9.17, 15) is 15.0 Å². The molecule has 0 bridgehead atoms. The van der Waals surface area contributed by atoms with Crippen LogP contribution in [0, 0.1) is 0 Å². The highest BCUT2D eigenvalue weighted by atomic mass is 16.5. The molecule has 0 radical (unpaired) electrons. The fourth-order valence-electron chi connectivity index (χ4n) is 3.03. The number of carbonyl (C=O) groups is 1. The summed E-state index contributed by atoms with van der Waals surface area (Å²) in [4.78, 5) is 13.7. The van der Waals surface area contributed by atoms with Gasteiger partial charge in [-0.1, -0.05) is 30.3 Å². The highest BCUT2D eigenvalue weighted by Crippen LogP contribution is 2.21. The maximum absolute atomic E-state index is 12.2. The van der Waals surface area contributed by atoms with Crippen molar-refractivity contribution < 1.29 is 19.7 Å². The Labute approximate surface area is 135 Å². The Kier molecular flexibility index (Phi) is 4.79. The maximum Gasteiger partial charge on any atom is 0.226 e. The molecular formula is C18H21NO4. The van der Waals surface area contributed by atoms with Crippen LogP contribution < -0.4 is 4.74 Å². The van der Waals surface area contributed by atoms with Crippen LogP contribution in [-0.4, -0.2) is 52.9 Å². The summed E-state index contributed by atoms with van der Waals surface area (Å²) in [5.41, 5.74) is 0. The van der Waals surface area contributed by atoms with Crippen molar-refractivity contribution in [3.63, 3.8) is 0 Å². The monoisotopic (exact) mass is 315 g/mol. The van der Waals surface area contributed by atoms with Crippen molar-refractivity contribution in [2.75, 3.05) is 19.8 Å². The number of hydrogen-bond donors (Lipinski definition) is 2. The standard InChI is InChI=1S/C18H21NO4/c20-12-15-10-16(21)11-19(15)18(22)7-8-23-17-6-5-13-3-1-2-4-14(13)9-17/h1-6,9,15-16,20-21H,7-8,10-12H2/t15-,16+/m0/s1. The van der Waals surface area contributed by atoms with Crippen molar-refractivity contribution >= 4 is 16.7 Å². The SMILES string of the molecule is O=C(CCOc1ccc2ccccc2c1)N1C[C@H](O)C[C@H]1CO. The number of ether oxygens (including phenoxy) is 1. The van der Waals surface area contributed by atoms with Gasteiger partial charge < -0.3 is 19.8 Å². The Morgan fingerprint density at radius 1 is 1.22 bits per heavy atom. The van der Waals surface area contributed by atoms with Crippen molar-refractivity contribution in [3.05, 3.63) is 42.5 Å². The Morgan fingerprint density at radius 3 is 2.78 bits per heavy atom. The van der Waals surface area contributed by atoms with E-state index in [1.54, 1.807) is 4.90 Å². The van der Waals surface area contributed by atoms with Crippen LogP contribution in [0.15, 0.2) is 42.5 Å². The fraction of sp³-hybridized carbons (Fsp3) is 0.389. The normalized spacial score (nSPS) is 20.9. The summed E-state index contributed by atoms with van der Waals surface area (Å²) < 4.78 is 5.67. The van der Waals surface area contributed by atoms with Crippen LogP contribution in [0.25, 0.3) is 10.8 Å². The molecule has 3 rings (SSSR count). The van der Waals surface area contributed by atoms with Crippen molar-refractivity contribution in [3.8, 4) is 5.75 Å². The van der Waals surface area contributed by atoms with E-state index >= 15 is 0 Å². The lowest BCUT2D eigenvalue weighted by molar-refractivity contribution is -0.133. The zero-order chi connectivity index (χ0) is 16.2. The van der Waals surface area contributed by atoms with E-state index in [0.29, 0.717) is 13.0 Å². The first-order valence-electron chi connectivity index (χ1n) is 7.87. The number of benzene rings is 2. The lowest BCUT2D eigenvalue weighted by atomic mass is 10.1. The third-order valence-electron chi connectivity index (χ3n) is 4.23. The number of likely N-dealkylation sites (tertiary alicyclic amines) is 1. The molecule has 2 atom stereocenters. The molecule has 2 N–H and O–H groups in total. The second-order valence-corrected chi connectivity index (χ2v) is 5.88. The summed E-state index contributed by atoms with van der Waals surface area (Å²) in [7, 11) is 0. The Morgan fingerprint density at radius 2 is 2.00 bits per heavy atom. The lowest BCUT2D eigenvalue weighted by Crippen LogP contribution is -2.38. The van der Waals surface area contributed by atoms with Gasteiger partial charge in [-0.2, -0.15) is 0 Å². The number of aliphatic hydroxyl groups is 2. The molecule has 1 heterocycles. The van der Waals surface area contributed by atoms with Crippen LogP contribution >= 0.6 is 0 Å². The van der Waals surface area contributed by atoms with E-state index in [1.807, 2.05) is 42.5 Å². The van der Waals surface area contributed by atoms with Crippen LogP contribution in [-0.2, 0) is 4.79 Å². The number of carbonyl (C=O) groups excluding carboxylic acids is 1. The predicted octanol–water partition coefficient (Wildman–Crippen LogP) is 1.56. The molecule has 1 fully saturated rings. The summed E-state index contributed by atoms with van der Waals surface area (Å²) >= 11 is 0. The minimum atomic E-state index is -0.544. The van der Waals surface area contributed by atoms with Crippen LogP contribution in [0.1, 0.15) is 12.8 Å². The van der Waals surface area contributed by atoms with Crippen LogP contribution in [0.2, 0.25) is 0 Å². The molecule has 1 aliphatic heterocycles. The smallest absolute Gasteiger partial charge is 0.226 e. The van der Waals surface area contributed by atoms with E-state index < -0.39 is 6.10 Å². The van der Waals surface area contributed by atoms with E-state index in [2.05, 4.69) is 0 Å². The third kappa shape index (κ3) is 3.63. The zero-order valence-electron chi connectivity index (χ0n) is 12.9. The fourth-order valence-corrected chi connectivity index (χ4v) is 3.03. The summed E-state index contributed by atoms with van der Waals surface area (Å²) in [6, 6.07) is 13.6. The molecule has 5 heteroatoms. The first kappa shape index (κ1) is 15.8. The highest BCUT2D eigenvalue weighted by Gasteiger charge is 2.33. The van der Waals surface area contributed by atoms with Gasteiger partial charge in [0.15, 0.2) is 0 Å². The van der Waals surface area contributed by atoms with Crippen molar-refractivity contribution in [2.24, 2.45) is 0 Å². The van der Waals surface area contributed by atoms with Crippen molar-refractivity contribution in [1.82, 2.24) is 4.90 Å². The van der Waals surface area contributed by atoms with Gasteiger partial charge in [-0.25, -0.2) is 0 Å². The quantitative estimate of drug-likeness (QED) is 0.878. The minimum Gasteiger partial charge on any atom is -0.493 e. The minimum absolute atomic E-state index is 0.0959. The van der Waals surface area contributed by atoms with E-state index in [-0.39, 0.29) is 31.6 Å². The van der Waals surface area contributed by atoms with Gasteiger partial charge in [0.25, 0.3) is 0 Å². The second kappa shape index (κ2) is 6.98. The van der Waals surface area contributed by atoms with Crippen LogP contribution in [0.3, 0.4) is 0 Å². The van der Waals surface area contributed by atoms with Gasteiger partial charge in [-0.3, -0.25) is 4.79 Å². The molecule has 0 spiro atoms. The van der Waals surface area contributed by atoms with Gasteiger partial charge in [-0.15, -0.1) is 0 Å². The number of rotatable bonds is 5. The average Bonchev–Trinajstić information content (AvgIpc) is 2.96. The number of nitrogens with zero attached hydrogens (tertiary/aromatic N) is 1. The molecular weight excluding hydrogens is 294 g/mol. The van der Waals surface area contributed by atoms with Gasteiger partial charge in [0, 0.05) is 6.54 Å². The predicted molar refractivity (Wildman–Crippen MR) is 87.3 cm³/mol. The third-order valence-corrected chi connectivity index (χ3v) is 4.23. The molecule has 1 aliphatic rings. The molecule has 0 unspecified atom stereocenters. The van der Waals surface area contributed by atoms with Gasteiger partial charge in [0.05, 0.1) is 31.8 Å². The summed E-state index contributed by atoms with van der Waals surface area (Å²) in [6.45, 7) is 0.455. The lowest BCUT2D eigenvalue weighted by Gasteiger charge is -2.22. The first-order valence-corrected chi connectivity index (χ1v) is 7.87. The first-order chi connectivity index (χ1) is 11.2. The van der Waals surface area contributed by atoms with Crippen molar-refractivity contribution in [2.45, 2.75) is 25.0 Å². The number of aliphatic hydroxyl groups excluding tert-OH is 2. The molecule has 23 heavy (non-hydrogen) atoms. The molecule has 0 saturated carbocycles.